The van der Waals surface area contributed by atoms with Crippen LogP contribution in [0.15, 0.2) is 0 Å². The van der Waals surface area contributed by atoms with Crippen LogP contribution >= 0.6 is 11.8 Å². The minimum atomic E-state index is -0.111. The Morgan fingerprint density at radius 3 is 2.82 bits per heavy atom. The van der Waals surface area contributed by atoms with Gasteiger partial charge >= 0.3 is 0 Å². The number of hydrogen-bond acceptors (Lipinski definition) is 3. The van der Waals surface area contributed by atoms with Gasteiger partial charge in [-0.15, -0.1) is 0 Å². The Morgan fingerprint density at radius 1 is 1.64 bits per heavy atom. The fourth-order valence-electron chi connectivity index (χ4n) is 1.38. The van der Waals surface area contributed by atoms with E-state index >= 15 is 0 Å². The molecule has 0 saturated carbocycles. The maximum Gasteiger partial charge on any atom is 0.0703 e. The summed E-state index contributed by atoms with van der Waals surface area (Å²) in [7, 11) is 4.01. The SMILES string of the molecule is CN(C)CC(O)C1CCSC1. The molecule has 0 spiro atoms. The Labute approximate surface area is 73.0 Å². The van der Waals surface area contributed by atoms with Crippen LogP contribution in [0, 0.1) is 5.92 Å². The molecule has 11 heavy (non-hydrogen) atoms. The van der Waals surface area contributed by atoms with Crippen LogP contribution in [-0.4, -0.2) is 48.3 Å². The van der Waals surface area contributed by atoms with Crippen LogP contribution in [0.4, 0.5) is 0 Å². The zero-order valence-corrected chi connectivity index (χ0v) is 8.10. The average molecular weight is 175 g/mol. The standard InChI is InChI=1S/C8H17NOS/c1-9(2)5-8(10)7-3-4-11-6-7/h7-8,10H,3-6H2,1-2H3. The van der Waals surface area contributed by atoms with Gasteiger partial charge in [0.15, 0.2) is 0 Å². The fraction of sp³-hybridized carbons (Fsp3) is 1.00. The van der Waals surface area contributed by atoms with Crippen molar-refractivity contribution < 1.29 is 5.11 Å². The molecule has 0 bridgehead atoms. The van der Waals surface area contributed by atoms with Gasteiger partial charge in [0.05, 0.1) is 6.10 Å². The first kappa shape index (κ1) is 9.36. The summed E-state index contributed by atoms with van der Waals surface area (Å²) >= 11 is 1.96. The predicted molar refractivity (Wildman–Crippen MR) is 50.0 cm³/mol. The molecule has 0 aromatic rings. The van der Waals surface area contributed by atoms with Gasteiger partial charge in [-0.25, -0.2) is 0 Å². The van der Waals surface area contributed by atoms with Crippen LogP contribution in [-0.2, 0) is 0 Å². The van der Waals surface area contributed by atoms with Gasteiger partial charge in [0.2, 0.25) is 0 Å². The summed E-state index contributed by atoms with van der Waals surface area (Å²) in [6, 6.07) is 0. The van der Waals surface area contributed by atoms with Crippen LogP contribution in [0.5, 0.6) is 0 Å². The summed E-state index contributed by atoms with van der Waals surface area (Å²) in [6.07, 6.45) is 1.08. The summed E-state index contributed by atoms with van der Waals surface area (Å²) in [4.78, 5) is 2.05. The van der Waals surface area contributed by atoms with E-state index in [1.807, 2.05) is 30.8 Å². The molecule has 0 aliphatic carbocycles. The lowest BCUT2D eigenvalue weighted by Gasteiger charge is -2.20. The smallest absolute Gasteiger partial charge is 0.0703 e. The summed E-state index contributed by atoms with van der Waals surface area (Å²) in [5.74, 6) is 2.92. The number of rotatable bonds is 3. The summed E-state index contributed by atoms with van der Waals surface area (Å²) < 4.78 is 0. The minimum absolute atomic E-state index is 0.111. The molecule has 0 amide bonds. The molecule has 0 aromatic carbocycles. The lowest BCUT2D eigenvalue weighted by Crippen LogP contribution is -2.32. The second-order valence-corrected chi connectivity index (χ2v) is 4.60. The highest BCUT2D eigenvalue weighted by atomic mass is 32.2. The fourth-order valence-corrected chi connectivity index (χ4v) is 2.71. The predicted octanol–water partition coefficient (Wildman–Crippen LogP) is 0.662. The third kappa shape index (κ3) is 3.01. The van der Waals surface area contributed by atoms with E-state index in [2.05, 4.69) is 0 Å². The van der Waals surface area contributed by atoms with Crippen molar-refractivity contribution in [3.63, 3.8) is 0 Å². The van der Waals surface area contributed by atoms with Crippen molar-refractivity contribution in [1.29, 1.82) is 0 Å². The Morgan fingerprint density at radius 2 is 2.36 bits per heavy atom. The van der Waals surface area contributed by atoms with Gasteiger partial charge in [-0.1, -0.05) is 0 Å². The summed E-state index contributed by atoms with van der Waals surface area (Å²) in [6.45, 7) is 0.811. The molecule has 1 rings (SSSR count). The molecular weight excluding hydrogens is 158 g/mol. The number of nitrogens with zero attached hydrogens (tertiary/aromatic N) is 1. The molecule has 2 nitrogen and oxygen atoms in total. The van der Waals surface area contributed by atoms with E-state index in [4.69, 9.17) is 0 Å². The molecule has 0 aromatic heterocycles. The van der Waals surface area contributed by atoms with Crippen molar-refractivity contribution in [3.8, 4) is 0 Å². The quantitative estimate of drug-likeness (QED) is 0.682. The van der Waals surface area contributed by atoms with Gasteiger partial charge in [-0.3, -0.25) is 0 Å². The minimum Gasteiger partial charge on any atom is -0.391 e. The number of aliphatic hydroxyl groups is 1. The lowest BCUT2D eigenvalue weighted by molar-refractivity contribution is 0.0901. The van der Waals surface area contributed by atoms with E-state index in [9.17, 15) is 5.11 Å². The van der Waals surface area contributed by atoms with Crippen molar-refractivity contribution >= 4 is 11.8 Å². The molecule has 1 aliphatic heterocycles. The van der Waals surface area contributed by atoms with Crippen LogP contribution in [0.2, 0.25) is 0 Å². The molecule has 1 fully saturated rings. The maximum absolute atomic E-state index is 9.66. The first-order chi connectivity index (χ1) is 5.20. The number of thioether (sulfide) groups is 1. The Kier molecular flexibility index (Phi) is 3.69. The number of likely N-dealkylation sites (N-methyl/N-ethyl adjacent to an activating group) is 1. The van der Waals surface area contributed by atoms with Crippen LogP contribution in [0.1, 0.15) is 6.42 Å². The maximum atomic E-state index is 9.66. The summed E-state index contributed by atoms with van der Waals surface area (Å²) in [5, 5.41) is 9.66. The molecule has 1 aliphatic rings. The zero-order chi connectivity index (χ0) is 8.27. The van der Waals surface area contributed by atoms with Gasteiger partial charge in [-0.2, -0.15) is 11.8 Å². The zero-order valence-electron chi connectivity index (χ0n) is 7.29. The van der Waals surface area contributed by atoms with E-state index in [0.717, 1.165) is 12.3 Å². The number of aliphatic hydroxyl groups excluding tert-OH is 1. The van der Waals surface area contributed by atoms with Crippen molar-refractivity contribution in [1.82, 2.24) is 4.90 Å². The Bertz CT molecular complexity index is 113. The molecule has 1 heterocycles. The van der Waals surface area contributed by atoms with Crippen molar-refractivity contribution in [2.75, 3.05) is 32.1 Å². The molecule has 0 radical (unpaired) electrons. The molecule has 3 heteroatoms. The first-order valence-electron chi connectivity index (χ1n) is 4.10. The molecular formula is C8H17NOS. The lowest BCUT2D eigenvalue weighted by atomic mass is 10.0. The van der Waals surface area contributed by atoms with Crippen molar-refractivity contribution in [2.45, 2.75) is 12.5 Å². The van der Waals surface area contributed by atoms with Gasteiger partial charge in [-0.05, 0) is 37.9 Å². The molecule has 2 unspecified atom stereocenters. The largest absolute Gasteiger partial charge is 0.391 e. The normalized spacial score (nSPS) is 27.8. The van der Waals surface area contributed by atoms with Crippen molar-refractivity contribution in [2.24, 2.45) is 5.92 Å². The van der Waals surface area contributed by atoms with Crippen molar-refractivity contribution in [3.05, 3.63) is 0 Å². The second-order valence-electron chi connectivity index (χ2n) is 3.45. The van der Waals surface area contributed by atoms with Crippen LogP contribution in [0.3, 0.4) is 0 Å². The summed E-state index contributed by atoms with van der Waals surface area (Å²) in [5.41, 5.74) is 0. The molecule has 2 atom stereocenters. The first-order valence-corrected chi connectivity index (χ1v) is 5.26. The Balaban J connectivity index is 2.22. The second kappa shape index (κ2) is 4.33. The van der Waals surface area contributed by atoms with Gasteiger partial charge in [0.1, 0.15) is 0 Å². The number of hydrogen-bond donors (Lipinski definition) is 1. The highest BCUT2D eigenvalue weighted by Gasteiger charge is 2.23. The van der Waals surface area contributed by atoms with Crippen LogP contribution < -0.4 is 0 Å². The van der Waals surface area contributed by atoms with Gasteiger partial charge in [0, 0.05) is 6.54 Å². The van der Waals surface area contributed by atoms with E-state index in [1.165, 1.54) is 12.2 Å². The molecule has 1 saturated heterocycles. The molecule has 1 N–H and O–H groups in total. The highest BCUT2D eigenvalue weighted by molar-refractivity contribution is 7.99. The molecule has 66 valence electrons. The Hall–Kier alpha value is 0.270. The van der Waals surface area contributed by atoms with Gasteiger partial charge in [0.25, 0.3) is 0 Å². The highest BCUT2D eigenvalue weighted by Crippen LogP contribution is 2.26. The van der Waals surface area contributed by atoms with E-state index in [0.29, 0.717) is 5.92 Å². The topological polar surface area (TPSA) is 23.5 Å². The third-order valence-electron chi connectivity index (χ3n) is 2.06. The monoisotopic (exact) mass is 175 g/mol. The average Bonchev–Trinajstić information content (AvgIpc) is 2.35. The van der Waals surface area contributed by atoms with E-state index < -0.39 is 0 Å². The third-order valence-corrected chi connectivity index (χ3v) is 3.25. The van der Waals surface area contributed by atoms with Crippen LogP contribution in [0.25, 0.3) is 0 Å². The van der Waals surface area contributed by atoms with E-state index in [-0.39, 0.29) is 6.10 Å². The van der Waals surface area contributed by atoms with E-state index in [1.54, 1.807) is 0 Å². The van der Waals surface area contributed by atoms with Gasteiger partial charge < -0.3 is 10.0 Å².